The number of fused-ring (bicyclic) bond motifs is 1. The Kier molecular flexibility index (Phi) is 2.89. The van der Waals surface area contributed by atoms with Gasteiger partial charge in [-0.2, -0.15) is 5.10 Å². The first kappa shape index (κ1) is 12.6. The maximum absolute atomic E-state index is 4.66. The van der Waals surface area contributed by atoms with E-state index in [0.717, 1.165) is 33.8 Å². The minimum atomic E-state index is 0.871. The fraction of sp³-hybridized carbons (Fsp3) is 0.0588. The molecule has 0 aliphatic heterocycles. The van der Waals surface area contributed by atoms with Gasteiger partial charge in [-0.1, -0.05) is 0 Å². The normalized spacial score (nSPS) is 11.0. The molecule has 0 aliphatic rings. The zero-order valence-electron chi connectivity index (χ0n) is 12.1. The van der Waals surface area contributed by atoms with Crippen molar-refractivity contribution in [1.29, 1.82) is 0 Å². The van der Waals surface area contributed by atoms with Gasteiger partial charge in [0.15, 0.2) is 0 Å². The van der Waals surface area contributed by atoms with Gasteiger partial charge in [-0.15, -0.1) is 0 Å². The highest BCUT2D eigenvalue weighted by Gasteiger charge is 2.07. The maximum atomic E-state index is 4.66. The van der Waals surface area contributed by atoms with Crippen molar-refractivity contribution in [3.05, 3.63) is 60.9 Å². The molecule has 5 nitrogen and oxygen atoms in total. The molecule has 0 saturated heterocycles. The molecule has 4 rings (SSSR count). The Bertz CT molecular complexity index is 904. The van der Waals surface area contributed by atoms with E-state index >= 15 is 0 Å². The third-order valence-electron chi connectivity index (χ3n) is 3.68. The van der Waals surface area contributed by atoms with E-state index < -0.39 is 0 Å². The molecule has 0 spiro atoms. The summed E-state index contributed by atoms with van der Waals surface area (Å²) in [4.78, 5) is 8.03. The van der Waals surface area contributed by atoms with Crippen molar-refractivity contribution in [2.45, 2.75) is 0 Å². The Morgan fingerprint density at radius 1 is 1.09 bits per heavy atom. The zero-order chi connectivity index (χ0) is 14.9. The van der Waals surface area contributed by atoms with Crippen molar-refractivity contribution in [3.63, 3.8) is 0 Å². The van der Waals surface area contributed by atoms with Crippen molar-refractivity contribution in [3.8, 4) is 17.1 Å². The van der Waals surface area contributed by atoms with Crippen LogP contribution in [-0.4, -0.2) is 26.8 Å². The summed E-state index contributed by atoms with van der Waals surface area (Å²) >= 11 is 0. The van der Waals surface area contributed by atoms with Crippen LogP contribution < -0.4 is 5.32 Å². The molecule has 2 heterocycles. The molecule has 0 saturated carbocycles. The predicted molar refractivity (Wildman–Crippen MR) is 88.2 cm³/mol. The van der Waals surface area contributed by atoms with Gasteiger partial charge in [0, 0.05) is 30.7 Å². The van der Waals surface area contributed by atoms with Gasteiger partial charge in [-0.25, -0.2) is 9.67 Å². The number of H-pyrrole nitrogens is 1. The molecule has 0 atom stereocenters. The van der Waals surface area contributed by atoms with Crippen molar-refractivity contribution in [1.82, 2.24) is 19.7 Å². The molecule has 0 amide bonds. The lowest BCUT2D eigenvalue weighted by atomic mass is 10.2. The van der Waals surface area contributed by atoms with Gasteiger partial charge in [0.2, 0.25) is 0 Å². The second kappa shape index (κ2) is 5.04. The summed E-state index contributed by atoms with van der Waals surface area (Å²) in [6.07, 6.45) is 3.70. The van der Waals surface area contributed by atoms with Crippen LogP contribution in [0.1, 0.15) is 0 Å². The molecule has 0 aliphatic carbocycles. The number of hydrogen-bond donors (Lipinski definition) is 2. The van der Waals surface area contributed by atoms with Crippen LogP contribution >= 0.6 is 0 Å². The predicted octanol–water partition coefficient (Wildman–Crippen LogP) is 3.46. The number of nitrogens with zero attached hydrogens (tertiary/aromatic N) is 3. The largest absolute Gasteiger partial charge is 0.388 e. The van der Waals surface area contributed by atoms with E-state index in [-0.39, 0.29) is 0 Å². The lowest BCUT2D eigenvalue weighted by molar-refractivity contribution is 0.882. The minimum absolute atomic E-state index is 0.871. The third-order valence-corrected chi connectivity index (χ3v) is 3.68. The highest BCUT2D eigenvalue weighted by Crippen LogP contribution is 2.23. The molecule has 0 bridgehead atoms. The van der Waals surface area contributed by atoms with Crippen molar-refractivity contribution >= 4 is 16.7 Å². The van der Waals surface area contributed by atoms with Crippen molar-refractivity contribution in [2.75, 3.05) is 12.4 Å². The van der Waals surface area contributed by atoms with Crippen LogP contribution in [0.5, 0.6) is 0 Å². The molecule has 0 radical (unpaired) electrons. The van der Waals surface area contributed by atoms with E-state index in [1.165, 1.54) is 0 Å². The molecule has 5 heteroatoms. The topological polar surface area (TPSA) is 58.5 Å². The zero-order valence-corrected chi connectivity index (χ0v) is 12.1. The number of hydrogen-bond acceptors (Lipinski definition) is 3. The van der Waals surface area contributed by atoms with Gasteiger partial charge in [0.1, 0.15) is 5.82 Å². The number of rotatable bonds is 3. The van der Waals surface area contributed by atoms with Crippen LogP contribution in [0.3, 0.4) is 0 Å². The summed E-state index contributed by atoms with van der Waals surface area (Å²) in [6.45, 7) is 0. The van der Waals surface area contributed by atoms with Gasteiger partial charge in [0.25, 0.3) is 0 Å². The number of imidazole rings is 1. The van der Waals surface area contributed by atoms with Gasteiger partial charge < -0.3 is 10.3 Å². The van der Waals surface area contributed by atoms with Crippen molar-refractivity contribution < 1.29 is 0 Å². The summed E-state index contributed by atoms with van der Waals surface area (Å²) in [5, 5.41) is 7.37. The second-order valence-corrected chi connectivity index (χ2v) is 5.06. The summed E-state index contributed by atoms with van der Waals surface area (Å²) in [5.41, 5.74) is 5.11. The highest BCUT2D eigenvalue weighted by atomic mass is 15.3. The fourth-order valence-electron chi connectivity index (χ4n) is 2.49. The first-order chi connectivity index (χ1) is 10.8. The SMILES string of the molecule is CNc1ccc(-c2nc3ccc(-n4cccn4)cc3[nH]2)cc1. The Morgan fingerprint density at radius 3 is 2.68 bits per heavy atom. The Hall–Kier alpha value is -3.08. The van der Waals surface area contributed by atoms with Crippen LogP contribution in [0.4, 0.5) is 5.69 Å². The van der Waals surface area contributed by atoms with E-state index in [2.05, 4.69) is 38.6 Å². The summed E-state index contributed by atoms with van der Waals surface area (Å²) in [7, 11) is 1.91. The molecule has 2 aromatic heterocycles. The van der Waals surface area contributed by atoms with Crippen LogP contribution in [0, 0.1) is 0 Å². The Labute approximate surface area is 127 Å². The van der Waals surface area contributed by atoms with Gasteiger partial charge in [-0.05, 0) is 48.5 Å². The molecule has 2 N–H and O–H groups in total. The second-order valence-electron chi connectivity index (χ2n) is 5.06. The maximum Gasteiger partial charge on any atom is 0.138 e. The number of aromatic amines is 1. The molecule has 22 heavy (non-hydrogen) atoms. The Morgan fingerprint density at radius 2 is 1.95 bits per heavy atom. The van der Waals surface area contributed by atoms with E-state index in [4.69, 9.17) is 0 Å². The molecular formula is C17H15N5. The smallest absolute Gasteiger partial charge is 0.138 e. The van der Waals surface area contributed by atoms with Crippen LogP contribution in [-0.2, 0) is 0 Å². The lowest BCUT2D eigenvalue weighted by Gasteiger charge is -2.00. The van der Waals surface area contributed by atoms with Crippen LogP contribution in [0.15, 0.2) is 60.9 Å². The van der Waals surface area contributed by atoms with E-state index in [1.54, 1.807) is 6.20 Å². The van der Waals surface area contributed by atoms with Crippen LogP contribution in [0.2, 0.25) is 0 Å². The molecule has 4 aromatic rings. The molecule has 2 aromatic carbocycles. The lowest BCUT2D eigenvalue weighted by Crippen LogP contribution is -1.93. The third kappa shape index (κ3) is 2.13. The average molecular weight is 289 g/mol. The summed E-state index contributed by atoms with van der Waals surface area (Å²) in [6, 6.07) is 16.2. The standard InChI is InChI=1S/C17H15N5/c1-18-13-5-3-12(4-6-13)17-20-15-8-7-14(11-16(15)21-17)22-10-2-9-19-22/h2-11,18H,1H3,(H,20,21). The monoisotopic (exact) mass is 289 g/mol. The fourth-order valence-corrected chi connectivity index (χ4v) is 2.49. The quantitative estimate of drug-likeness (QED) is 0.607. The molecule has 0 fully saturated rings. The van der Waals surface area contributed by atoms with Gasteiger partial charge >= 0.3 is 0 Å². The van der Waals surface area contributed by atoms with Crippen molar-refractivity contribution in [2.24, 2.45) is 0 Å². The van der Waals surface area contributed by atoms with E-state index in [0.29, 0.717) is 0 Å². The van der Waals surface area contributed by atoms with E-state index in [1.807, 2.05) is 48.3 Å². The highest BCUT2D eigenvalue weighted by molar-refractivity contribution is 5.81. The first-order valence-corrected chi connectivity index (χ1v) is 7.11. The molecule has 0 unspecified atom stereocenters. The summed E-state index contributed by atoms with van der Waals surface area (Å²) in [5.74, 6) is 0.871. The Balaban J connectivity index is 1.76. The number of anilines is 1. The van der Waals surface area contributed by atoms with Crippen LogP contribution in [0.25, 0.3) is 28.1 Å². The minimum Gasteiger partial charge on any atom is -0.388 e. The number of benzene rings is 2. The average Bonchev–Trinajstić information content (AvgIpc) is 3.23. The molecule has 108 valence electrons. The van der Waals surface area contributed by atoms with E-state index in [9.17, 15) is 0 Å². The number of nitrogens with one attached hydrogen (secondary N) is 2. The summed E-state index contributed by atoms with van der Waals surface area (Å²) < 4.78 is 1.83. The van der Waals surface area contributed by atoms with Gasteiger partial charge in [0.05, 0.1) is 16.7 Å². The first-order valence-electron chi connectivity index (χ1n) is 7.11. The van der Waals surface area contributed by atoms with Gasteiger partial charge in [-0.3, -0.25) is 0 Å². The number of aromatic nitrogens is 4. The molecular weight excluding hydrogens is 274 g/mol.